The van der Waals surface area contributed by atoms with Gasteiger partial charge >= 0.3 is 12.1 Å². The molecule has 0 amide bonds. The molecule has 156 valence electrons. The first-order chi connectivity index (χ1) is 13.7. The van der Waals surface area contributed by atoms with Crippen LogP contribution in [0.15, 0.2) is 42.5 Å². The van der Waals surface area contributed by atoms with E-state index in [0.717, 1.165) is 6.07 Å². The van der Waals surface area contributed by atoms with E-state index < -0.39 is 35.8 Å². The highest BCUT2D eigenvalue weighted by Crippen LogP contribution is 2.44. The number of halogens is 3. The number of hydrogen-bond donors (Lipinski definition) is 1. The quantitative estimate of drug-likeness (QED) is 0.695. The molecule has 2 aromatic rings. The topological polar surface area (TPSA) is 65.0 Å². The second kappa shape index (κ2) is 8.32. The van der Waals surface area contributed by atoms with Gasteiger partial charge in [-0.15, -0.1) is 0 Å². The molecule has 1 heterocycles. The van der Waals surface area contributed by atoms with Crippen molar-refractivity contribution in [1.82, 2.24) is 0 Å². The van der Waals surface area contributed by atoms with Crippen LogP contribution in [0.1, 0.15) is 42.7 Å². The molecular formula is C21H21F3O5. The minimum Gasteiger partial charge on any atom is -0.488 e. The van der Waals surface area contributed by atoms with Crippen LogP contribution >= 0.6 is 0 Å². The normalized spacial score (nSPS) is 17.9. The molecule has 0 radical (unpaired) electrons. The Morgan fingerprint density at radius 2 is 1.93 bits per heavy atom. The number of aliphatic carboxylic acids is 1. The molecule has 3 atom stereocenters. The molecule has 0 bridgehead atoms. The highest BCUT2D eigenvalue weighted by molar-refractivity contribution is 5.70. The van der Waals surface area contributed by atoms with Crippen LogP contribution in [0.2, 0.25) is 0 Å². The zero-order valence-corrected chi connectivity index (χ0v) is 15.9. The Morgan fingerprint density at radius 1 is 1.24 bits per heavy atom. The fourth-order valence-electron chi connectivity index (χ4n) is 3.28. The number of rotatable bonds is 7. The lowest BCUT2D eigenvalue weighted by molar-refractivity contribution is -0.146. The molecule has 2 unspecified atom stereocenters. The molecule has 1 aliphatic heterocycles. The standard InChI is InChI=1S/C21H21F3O5/c1-3-27-18(12(2)20(25)26)13-7-9-14(10-8-13)29-17-11-28-19-15(17)5-4-6-16(19)21(22,23)24/h4-10,12,17-18H,3,11H2,1-2H3,(H,25,26)/t12?,17?,18-/m0/s1. The monoisotopic (exact) mass is 410 g/mol. The zero-order valence-electron chi connectivity index (χ0n) is 15.9. The van der Waals surface area contributed by atoms with Gasteiger partial charge in [0.15, 0.2) is 6.10 Å². The molecule has 3 rings (SSSR count). The van der Waals surface area contributed by atoms with Gasteiger partial charge in [-0.3, -0.25) is 4.79 Å². The van der Waals surface area contributed by atoms with Crippen molar-refractivity contribution in [2.45, 2.75) is 32.2 Å². The number of alkyl halides is 3. The minimum absolute atomic E-state index is 0.0260. The van der Waals surface area contributed by atoms with Crippen LogP contribution in [-0.4, -0.2) is 24.3 Å². The Kier molecular flexibility index (Phi) is 6.02. The molecule has 0 aliphatic carbocycles. The van der Waals surface area contributed by atoms with E-state index in [1.807, 2.05) is 0 Å². The highest BCUT2D eigenvalue weighted by Gasteiger charge is 2.39. The van der Waals surface area contributed by atoms with E-state index in [9.17, 15) is 23.1 Å². The fraction of sp³-hybridized carbons (Fsp3) is 0.381. The van der Waals surface area contributed by atoms with Gasteiger partial charge in [0.2, 0.25) is 0 Å². The summed E-state index contributed by atoms with van der Waals surface area (Å²) in [6.07, 6.45) is -5.79. The maximum absolute atomic E-state index is 13.1. The van der Waals surface area contributed by atoms with E-state index in [0.29, 0.717) is 23.5 Å². The largest absolute Gasteiger partial charge is 0.488 e. The molecule has 1 aliphatic rings. The predicted molar refractivity (Wildman–Crippen MR) is 97.9 cm³/mol. The average Bonchev–Trinajstić information content (AvgIpc) is 3.08. The van der Waals surface area contributed by atoms with Gasteiger partial charge < -0.3 is 19.3 Å². The maximum Gasteiger partial charge on any atom is 0.419 e. The second-order valence-corrected chi connectivity index (χ2v) is 6.71. The molecule has 29 heavy (non-hydrogen) atoms. The maximum atomic E-state index is 13.1. The van der Waals surface area contributed by atoms with Gasteiger partial charge in [0.05, 0.1) is 17.6 Å². The number of carboxylic acid groups (broad SMARTS) is 1. The summed E-state index contributed by atoms with van der Waals surface area (Å²) in [5.41, 5.74) is 0.200. The summed E-state index contributed by atoms with van der Waals surface area (Å²) in [7, 11) is 0. The second-order valence-electron chi connectivity index (χ2n) is 6.71. The average molecular weight is 410 g/mol. The fourth-order valence-corrected chi connectivity index (χ4v) is 3.28. The van der Waals surface area contributed by atoms with E-state index >= 15 is 0 Å². The Balaban J connectivity index is 1.78. The van der Waals surface area contributed by atoms with Gasteiger partial charge in [-0.1, -0.05) is 24.3 Å². The van der Waals surface area contributed by atoms with E-state index in [1.54, 1.807) is 44.2 Å². The molecule has 0 saturated carbocycles. The summed E-state index contributed by atoms with van der Waals surface area (Å²) >= 11 is 0. The Bertz CT molecular complexity index is 864. The Morgan fingerprint density at radius 3 is 2.52 bits per heavy atom. The smallest absolute Gasteiger partial charge is 0.419 e. The van der Waals surface area contributed by atoms with E-state index in [1.165, 1.54) is 6.07 Å². The Labute approximate surface area is 166 Å². The van der Waals surface area contributed by atoms with Crippen molar-refractivity contribution in [2.75, 3.05) is 13.2 Å². The number of para-hydroxylation sites is 1. The van der Waals surface area contributed by atoms with Crippen molar-refractivity contribution in [3.63, 3.8) is 0 Å². The molecular weight excluding hydrogens is 389 g/mol. The first-order valence-electron chi connectivity index (χ1n) is 9.16. The number of fused-ring (bicyclic) bond motifs is 1. The predicted octanol–water partition coefficient (Wildman–Crippen LogP) is 5.02. The van der Waals surface area contributed by atoms with Gasteiger partial charge in [0, 0.05) is 12.2 Å². The molecule has 0 saturated heterocycles. The molecule has 2 aromatic carbocycles. The van der Waals surface area contributed by atoms with Crippen LogP contribution in [-0.2, 0) is 15.7 Å². The molecule has 0 aromatic heterocycles. The minimum atomic E-state index is -4.50. The molecule has 1 N–H and O–H groups in total. The van der Waals surface area contributed by atoms with Crippen molar-refractivity contribution in [3.8, 4) is 11.5 Å². The van der Waals surface area contributed by atoms with Crippen molar-refractivity contribution < 1.29 is 37.3 Å². The van der Waals surface area contributed by atoms with Crippen LogP contribution in [0.4, 0.5) is 13.2 Å². The molecule has 0 spiro atoms. The van der Waals surface area contributed by atoms with Crippen LogP contribution in [0.3, 0.4) is 0 Å². The highest BCUT2D eigenvalue weighted by atomic mass is 19.4. The number of carbonyl (C=O) groups is 1. The summed E-state index contributed by atoms with van der Waals surface area (Å²) in [6.45, 7) is 3.68. The Hall–Kier alpha value is -2.74. The number of hydrogen-bond acceptors (Lipinski definition) is 4. The third kappa shape index (κ3) is 4.48. The van der Waals surface area contributed by atoms with Crippen molar-refractivity contribution in [2.24, 2.45) is 5.92 Å². The van der Waals surface area contributed by atoms with Crippen molar-refractivity contribution in [1.29, 1.82) is 0 Å². The van der Waals surface area contributed by atoms with E-state index in [-0.39, 0.29) is 12.4 Å². The molecule has 8 heteroatoms. The van der Waals surface area contributed by atoms with Crippen molar-refractivity contribution >= 4 is 5.97 Å². The third-order valence-corrected chi connectivity index (χ3v) is 4.75. The lowest BCUT2D eigenvalue weighted by Gasteiger charge is -2.22. The summed E-state index contributed by atoms with van der Waals surface area (Å²) < 4.78 is 56.0. The van der Waals surface area contributed by atoms with Gasteiger partial charge in [0.25, 0.3) is 0 Å². The summed E-state index contributed by atoms with van der Waals surface area (Å²) in [4.78, 5) is 11.3. The van der Waals surface area contributed by atoms with Crippen LogP contribution < -0.4 is 9.47 Å². The van der Waals surface area contributed by atoms with E-state index in [4.69, 9.17) is 14.2 Å². The first kappa shape index (κ1) is 21.0. The van der Waals surface area contributed by atoms with Crippen molar-refractivity contribution in [3.05, 3.63) is 59.2 Å². The lowest BCUT2D eigenvalue weighted by atomic mass is 9.97. The first-order valence-corrected chi connectivity index (χ1v) is 9.16. The van der Waals surface area contributed by atoms with Gasteiger partial charge in [0.1, 0.15) is 18.1 Å². The summed E-state index contributed by atoms with van der Waals surface area (Å²) in [6, 6.07) is 10.5. The summed E-state index contributed by atoms with van der Waals surface area (Å²) in [5.74, 6) is -1.47. The third-order valence-electron chi connectivity index (χ3n) is 4.75. The van der Waals surface area contributed by atoms with Crippen LogP contribution in [0, 0.1) is 5.92 Å². The summed E-state index contributed by atoms with van der Waals surface area (Å²) in [5, 5.41) is 9.26. The molecule has 0 fully saturated rings. The SMILES string of the molecule is CCO[C@H](c1ccc(OC2COc3c2cccc3C(F)(F)F)cc1)C(C)C(=O)O. The van der Waals surface area contributed by atoms with Crippen LogP contribution in [0.5, 0.6) is 11.5 Å². The molecule has 5 nitrogen and oxygen atoms in total. The number of ether oxygens (including phenoxy) is 3. The van der Waals surface area contributed by atoms with Gasteiger partial charge in [-0.25, -0.2) is 0 Å². The lowest BCUT2D eigenvalue weighted by Crippen LogP contribution is -2.21. The van der Waals surface area contributed by atoms with Gasteiger partial charge in [-0.2, -0.15) is 13.2 Å². The number of carboxylic acids is 1. The van der Waals surface area contributed by atoms with Gasteiger partial charge in [-0.05, 0) is 37.6 Å². The van der Waals surface area contributed by atoms with E-state index in [2.05, 4.69) is 0 Å². The zero-order chi connectivity index (χ0) is 21.2. The number of benzene rings is 2. The van der Waals surface area contributed by atoms with Crippen LogP contribution in [0.25, 0.3) is 0 Å².